The lowest BCUT2D eigenvalue weighted by Crippen LogP contribution is -2.14. The zero-order valence-corrected chi connectivity index (χ0v) is 14.0. The topological polar surface area (TPSA) is 78.0 Å². The molecule has 1 aromatic carbocycles. The van der Waals surface area contributed by atoms with Crippen LogP contribution >= 0.6 is 11.8 Å². The molecule has 3 aromatic heterocycles. The summed E-state index contributed by atoms with van der Waals surface area (Å²) in [4.78, 5) is 16.7. The third-order valence-electron chi connectivity index (χ3n) is 3.65. The van der Waals surface area contributed by atoms with Gasteiger partial charge in [0.05, 0.1) is 12.2 Å². The molecule has 0 bridgehead atoms. The van der Waals surface area contributed by atoms with Crippen LogP contribution in [0.15, 0.2) is 70.7 Å². The van der Waals surface area contributed by atoms with Crippen LogP contribution in [0.4, 0.5) is 0 Å². The Morgan fingerprint density at radius 2 is 1.88 bits per heavy atom. The molecule has 0 unspecified atom stereocenters. The molecule has 0 fully saturated rings. The summed E-state index contributed by atoms with van der Waals surface area (Å²) in [7, 11) is 0. The van der Waals surface area contributed by atoms with E-state index in [-0.39, 0.29) is 5.56 Å². The number of aromatic nitrogens is 6. The van der Waals surface area contributed by atoms with E-state index in [9.17, 15) is 4.79 Å². The van der Waals surface area contributed by atoms with Gasteiger partial charge < -0.3 is 0 Å². The molecule has 0 spiro atoms. The number of rotatable bonds is 5. The number of tetrazole rings is 1. The first-order valence-electron chi connectivity index (χ1n) is 7.70. The summed E-state index contributed by atoms with van der Waals surface area (Å²) in [6.07, 6.45) is 1.71. The van der Waals surface area contributed by atoms with E-state index in [1.807, 2.05) is 48.5 Å². The lowest BCUT2D eigenvalue weighted by atomic mass is 10.2. The lowest BCUT2D eigenvalue weighted by molar-refractivity contribution is 0.603. The van der Waals surface area contributed by atoms with Crippen LogP contribution in [0.5, 0.6) is 0 Å². The molecule has 0 radical (unpaired) electrons. The molecule has 0 aliphatic heterocycles. The molecule has 3 heterocycles. The standard InChI is InChI=1S/C17H14N6OS/c24-16-10-14(18-15-8-4-5-9-22(15)16)12-25-17-19-20-21-23(17)11-13-6-2-1-3-7-13/h1-10H,11-12H2. The fourth-order valence-corrected chi connectivity index (χ4v) is 3.24. The fourth-order valence-electron chi connectivity index (χ4n) is 2.47. The van der Waals surface area contributed by atoms with Crippen molar-refractivity contribution in [2.45, 2.75) is 17.5 Å². The van der Waals surface area contributed by atoms with Gasteiger partial charge in [0.1, 0.15) is 5.65 Å². The monoisotopic (exact) mass is 350 g/mol. The molecular weight excluding hydrogens is 336 g/mol. The van der Waals surface area contributed by atoms with E-state index >= 15 is 0 Å². The van der Waals surface area contributed by atoms with Gasteiger partial charge in [-0.2, -0.15) is 0 Å². The number of thioether (sulfide) groups is 1. The molecule has 0 atom stereocenters. The van der Waals surface area contributed by atoms with Crippen molar-refractivity contribution < 1.29 is 0 Å². The molecule has 0 N–H and O–H groups in total. The van der Waals surface area contributed by atoms with Gasteiger partial charge in [0.25, 0.3) is 5.56 Å². The zero-order valence-electron chi connectivity index (χ0n) is 13.2. The average molecular weight is 350 g/mol. The third-order valence-corrected chi connectivity index (χ3v) is 4.64. The van der Waals surface area contributed by atoms with Gasteiger partial charge in [0, 0.05) is 18.0 Å². The van der Waals surface area contributed by atoms with E-state index in [0.29, 0.717) is 28.8 Å². The molecule has 0 saturated heterocycles. The molecule has 25 heavy (non-hydrogen) atoms. The Morgan fingerprint density at radius 1 is 1.04 bits per heavy atom. The summed E-state index contributed by atoms with van der Waals surface area (Å²) in [6.45, 7) is 0.601. The number of fused-ring (bicyclic) bond motifs is 1. The second-order valence-electron chi connectivity index (χ2n) is 5.41. The van der Waals surface area contributed by atoms with Gasteiger partial charge >= 0.3 is 0 Å². The first kappa shape index (κ1) is 15.5. The van der Waals surface area contributed by atoms with Gasteiger partial charge in [-0.1, -0.05) is 48.2 Å². The van der Waals surface area contributed by atoms with E-state index in [1.165, 1.54) is 16.2 Å². The quantitative estimate of drug-likeness (QED) is 0.513. The van der Waals surface area contributed by atoms with Gasteiger partial charge in [0.15, 0.2) is 0 Å². The zero-order chi connectivity index (χ0) is 17.1. The van der Waals surface area contributed by atoms with E-state index in [2.05, 4.69) is 20.5 Å². The smallest absolute Gasteiger partial charge is 0.258 e. The highest BCUT2D eigenvalue weighted by Gasteiger charge is 2.09. The van der Waals surface area contributed by atoms with Crippen LogP contribution in [0.2, 0.25) is 0 Å². The van der Waals surface area contributed by atoms with E-state index < -0.39 is 0 Å². The minimum absolute atomic E-state index is 0.0925. The minimum atomic E-state index is -0.0925. The first-order chi connectivity index (χ1) is 12.3. The maximum atomic E-state index is 12.1. The predicted octanol–water partition coefficient (Wildman–Crippen LogP) is 2.02. The van der Waals surface area contributed by atoms with Crippen LogP contribution in [-0.2, 0) is 12.3 Å². The van der Waals surface area contributed by atoms with E-state index in [1.54, 1.807) is 16.9 Å². The van der Waals surface area contributed by atoms with Crippen LogP contribution < -0.4 is 5.56 Å². The SMILES string of the molecule is O=c1cc(CSc2nnnn2Cc2ccccc2)nc2ccccn12. The molecule has 8 heteroatoms. The van der Waals surface area contributed by atoms with Gasteiger partial charge in [-0.25, -0.2) is 9.67 Å². The normalized spacial score (nSPS) is 11.0. The van der Waals surface area contributed by atoms with Gasteiger partial charge in [0.2, 0.25) is 5.16 Å². The molecule has 4 rings (SSSR count). The molecular formula is C17H14N6OS. The van der Waals surface area contributed by atoms with Crippen LogP contribution in [0.3, 0.4) is 0 Å². The van der Waals surface area contributed by atoms with Gasteiger partial charge in [-0.05, 0) is 28.1 Å². The van der Waals surface area contributed by atoms with Crippen molar-refractivity contribution in [3.05, 3.63) is 82.4 Å². The van der Waals surface area contributed by atoms with Crippen molar-refractivity contribution in [2.75, 3.05) is 0 Å². The number of hydrogen-bond acceptors (Lipinski definition) is 6. The van der Waals surface area contributed by atoms with Crippen molar-refractivity contribution >= 4 is 17.4 Å². The Bertz CT molecular complexity index is 1060. The minimum Gasteiger partial charge on any atom is -0.269 e. The third kappa shape index (κ3) is 3.43. The summed E-state index contributed by atoms with van der Waals surface area (Å²) in [6, 6.07) is 17.0. The van der Waals surface area contributed by atoms with Crippen molar-refractivity contribution in [2.24, 2.45) is 0 Å². The lowest BCUT2D eigenvalue weighted by Gasteiger charge is -2.05. The molecule has 0 aliphatic carbocycles. The number of pyridine rings is 1. The van der Waals surface area contributed by atoms with Crippen molar-refractivity contribution in [3.8, 4) is 0 Å². The number of hydrogen-bond donors (Lipinski definition) is 0. The van der Waals surface area contributed by atoms with Crippen molar-refractivity contribution in [1.82, 2.24) is 29.6 Å². The molecule has 4 aromatic rings. The highest BCUT2D eigenvalue weighted by molar-refractivity contribution is 7.98. The second-order valence-corrected chi connectivity index (χ2v) is 6.35. The highest BCUT2D eigenvalue weighted by atomic mass is 32.2. The molecule has 0 saturated carbocycles. The van der Waals surface area contributed by atoms with Crippen LogP contribution in [-0.4, -0.2) is 29.6 Å². The Balaban J connectivity index is 1.53. The Hall–Kier alpha value is -3.00. The van der Waals surface area contributed by atoms with Crippen LogP contribution in [0.1, 0.15) is 11.3 Å². The number of nitrogens with zero attached hydrogens (tertiary/aromatic N) is 6. The predicted molar refractivity (Wildman–Crippen MR) is 94.4 cm³/mol. The molecule has 124 valence electrons. The Labute approximate surface area is 147 Å². The Morgan fingerprint density at radius 3 is 2.76 bits per heavy atom. The summed E-state index contributed by atoms with van der Waals surface area (Å²) in [5, 5.41) is 12.6. The van der Waals surface area contributed by atoms with Crippen molar-refractivity contribution in [3.63, 3.8) is 0 Å². The number of benzene rings is 1. The highest BCUT2D eigenvalue weighted by Crippen LogP contribution is 2.19. The first-order valence-corrected chi connectivity index (χ1v) is 8.68. The summed E-state index contributed by atoms with van der Waals surface area (Å²) in [5.74, 6) is 0.524. The summed E-state index contributed by atoms with van der Waals surface area (Å²) in [5.41, 5.74) is 2.37. The van der Waals surface area contributed by atoms with E-state index in [0.717, 1.165) is 5.56 Å². The average Bonchev–Trinajstić information content (AvgIpc) is 3.08. The van der Waals surface area contributed by atoms with Gasteiger partial charge in [-0.15, -0.1) is 5.10 Å². The maximum Gasteiger partial charge on any atom is 0.258 e. The summed E-state index contributed by atoms with van der Waals surface area (Å²) < 4.78 is 3.27. The maximum absolute atomic E-state index is 12.1. The van der Waals surface area contributed by atoms with Crippen LogP contribution in [0.25, 0.3) is 5.65 Å². The second kappa shape index (κ2) is 6.86. The largest absolute Gasteiger partial charge is 0.269 e. The summed E-state index contributed by atoms with van der Waals surface area (Å²) >= 11 is 1.46. The van der Waals surface area contributed by atoms with E-state index in [4.69, 9.17) is 0 Å². The molecule has 0 aliphatic rings. The molecule has 7 nitrogen and oxygen atoms in total. The van der Waals surface area contributed by atoms with Crippen LogP contribution in [0, 0.1) is 0 Å². The Kier molecular flexibility index (Phi) is 4.26. The molecule has 0 amide bonds. The van der Waals surface area contributed by atoms with Gasteiger partial charge in [-0.3, -0.25) is 9.20 Å². The van der Waals surface area contributed by atoms with Crippen molar-refractivity contribution in [1.29, 1.82) is 0 Å². The fraction of sp³-hybridized carbons (Fsp3) is 0.118.